The van der Waals surface area contributed by atoms with Gasteiger partial charge in [0.15, 0.2) is 17.5 Å². The van der Waals surface area contributed by atoms with Gasteiger partial charge in [-0.15, -0.1) is 0 Å². The number of nitrogens with zero attached hydrogens (tertiary/aromatic N) is 3. The van der Waals surface area contributed by atoms with Crippen molar-refractivity contribution in [1.82, 2.24) is 15.0 Å². The van der Waals surface area contributed by atoms with E-state index >= 15 is 0 Å². The molecule has 0 bridgehead atoms. The van der Waals surface area contributed by atoms with Gasteiger partial charge in [0.05, 0.1) is 6.85 Å². The molecule has 0 atom stereocenters. The van der Waals surface area contributed by atoms with Crippen LogP contribution in [0.2, 0.25) is 0 Å². The Balaban J connectivity index is 1.51. The quantitative estimate of drug-likeness (QED) is 0.230. The maximum Gasteiger partial charge on any atom is 0.166 e. The van der Waals surface area contributed by atoms with Gasteiger partial charge in [0.1, 0.15) is 0 Å². The summed E-state index contributed by atoms with van der Waals surface area (Å²) in [6.45, 7) is 6.46. The lowest BCUT2D eigenvalue weighted by atomic mass is 9.85. The van der Waals surface area contributed by atoms with Crippen molar-refractivity contribution < 1.29 is 6.85 Å². The Morgan fingerprint density at radius 1 is 0.561 bits per heavy atom. The van der Waals surface area contributed by atoms with Gasteiger partial charge in [0.2, 0.25) is 0 Å². The smallest absolute Gasteiger partial charge is 0.166 e. The molecule has 1 aromatic heterocycles. The summed E-state index contributed by atoms with van der Waals surface area (Å²) in [6, 6.07) is 31.4. The summed E-state index contributed by atoms with van der Waals surface area (Å²) in [5, 5.41) is 3.50. The van der Waals surface area contributed by atoms with E-state index in [0.717, 1.165) is 27.9 Å². The Bertz CT molecular complexity index is 1970. The van der Waals surface area contributed by atoms with E-state index in [1.165, 1.54) is 0 Å². The van der Waals surface area contributed by atoms with Crippen molar-refractivity contribution in [2.75, 3.05) is 5.32 Å². The highest BCUT2D eigenvalue weighted by molar-refractivity contribution is 5.81. The largest absolute Gasteiger partial charge is 0.355 e. The SMILES string of the molecule is [2H]c1c([2H])c([2H])c(-c2cccc(Nc3ccc(C(C)(C)C)cc3-c3nc(-c4ccccc4)nc(-c4ccccc4)n3)c2)c([2H])c1[2H]. The second-order valence-electron chi connectivity index (χ2n) is 10.8. The van der Waals surface area contributed by atoms with E-state index in [1.807, 2.05) is 72.8 Å². The topological polar surface area (TPSA) is 50.7 Å². The Kier molecular flexibility index (Phi) is 5.66. The van der Waals surface area contributed by atoms with Crippen molar-refractivity contribution in [2.45, 2.75) is 26.2 Å². The Morgan fingerprint density at radius 3 is 1.76 bits per heavy atom. The van der Waals surface area contributed by atoms with E-state index in [0.29, 0.717) is 28.7 Å². The average molecular weight is 538 g/mol. The second kappa shape index (κ2) is 11.2. The first-order chi connectivity index (χ1) is 22.0. The molecule has 41 heavy (non-hydrogen) atoms. The molecule has 200 valence electrons. The summed E-state index contributed by atoms with van der Waals surface area (Å²) in [5.41, 5.74) is 5.55. The Labute approximate surface area is 248 Å². The van der Waals surface area contributed by atoms with Gasteiger partial charge in [-0.1, -0.05) is 130 Å². The maximum atomic E-state index is 8.46. The highest BCUT2D eigenvalue weighted by atomic mass is 15.0. The molecule has 0 aliphatic rings. The van der Waals surface area contributed by atoms with Gasteiger partial charge in [-0.2, -0.15) is 0 Å². The van der Waals surface area contributed by atoms with E-state index in [9.17, 15) is 0 Å². The van der Waals surface area contributed by atoms with Crippen LogP contribution in [-0.4, -0.2) is 15.0 Å². The van der Waals surface area contributed by atoms with Crippen molar-refractivity contribution in [3.8, 4) is 45.3 Å². The summed E-state index contributed by atoms with van der Waals surface area (Å²) in [6.07, 6.45) is 0. The number of hydrogen-bond donors (Lipinski definition) is 1. The van der Waals surface area contributed by atoms with Crippen LogP contribution in [0.5, 0.6) is 0 Å². The molecule has 0 spiro atoms. The molecule has 0 aliphatic heterocycles. The van der Waals surface area contributed by atoms with Crippen molar-refractivity contribution in [3.63, 3.8) is 0 Å². The van der Waals surface area contributed by atoms with E-state index < -0.39 is 6.04 Å². The standard InChI is InChI=1S/C37H32N4/c1-37(2,3)30-22-23-33(38-31-21-13-20-29(24-31)26-14-7-4-8-15-26)32(25-30)36-40-34(27-16-9-5-10-17-27)39-35(41-36)28-18-11-6-12-19-28/h4-25,38H,1-3H3/i4D,7D,8D,14D,15D. The van der Waals surface area contributed by atoms with Crippen LogP contribution in [0.25, 0.3) is 45.3 Å². The van der Waals surface area contributed by atoms with Gasteiger partial charge in [0, 0.05) is 28.1 Å². The molecule has 1 N–H and O–H groups in total. The predicted molar refractivity (Wildman–Crippen MR) is 170 cm³/mol. The van der Waals surface area contributed by atoms with Crippen molar-refractivity contribution in [3.05, 3.63) is 139 Å². The van der Waals surface area contributed by atoms with Gasteiger partial charge < -0.3 is 5.32 Å². The van der Waals surface area contributed by atoms with Crippen LogP contribution < -0.4 is 5.32 Å². The molecule has 0 unspecified atom stereocenters. The molecule has 0 aliphatic carbocycles. The minimum Gasteiger partial charge on any atom is -0.355 e. The van der Waals surface area contributed by atoms with Crippen LogP contribution in [0.4, 0.5) is 11.4 Å². The van der Waals surface area contributed by atoms with E-state index in [4.69, 9.17) is 21.8 Å². The second-order valence-corrected chi connectivity index (χ2v) is 10.8. The molecule has 0 saturated heterocycles. The monoisotopic (exact) mass is 537 g/mol. The lowest BCUT2D eigenvalue weighted by Crippen LogP contribution is -2.12. The van der Waals surface area contributed by atoms with E-state index in [-0.39, 0.29) is 35.1 Å². The summed E-state index contributed by atoms with van der Waals surface area (Å²) in [7, 11) is 0. The first-order valence-corrected chi connectivity index (χ1v) is 13.5. The lowest BCUT2D eigenvalue weighted by molar-refractivity contribution is 0.590. The summed E-state index contributed by atoms with van der Waals surface area (Å²) < 4.78 is 41.1. The molecule has 0 amide bonds. The zero-order valence-electron chi connectivity index (χ0n) is 28.2. The maximum absolute atomic E-state index is 8.46. The number of aromatic nitrogens is 3. The fourth-order valence-electron chi connectivity index (χ4n) is 4.54. The molecule has 6 rings (SSSR count). The number of benzene rings is 5. The third kappa shape index (κ3) is 5.92. The Hall–Kier alpha value is -5.09. The Morgan fingerprint density at radius 2 is 1.15 bits per heavy atom. The van der Waals surface area contributed by atoms with Gasteiger partial charge in [0.25, 0.3) is 0 Å². The first kappa shape index (κ1) is 20.8. The zero-order valence-corrected chi connectivity index (χ0v) is 23.2. The molecule has 0 radical (unpaired) electrons. The third-order valence-electron chi connectivity index (χ3n) is 6.76. The average Bonchev–Trinajstić information content (AvgIpc) is 3.07. The van der Waals surface area contributed by atoms with Crippen LogP contribution in [0.1, 0.15) is 33.2 Å². The van der Waals surface area contributed by atoms with Crippen molar-refractivity contribution >= 4 is 11.4 Å². The van der Waals surface area contributed by atoms with Crippen LogP contribution in [0, 0.1) is 0 Å². The number of hydrogen-bond acceptors (Lipinski definition) is 4. The molecule has 6 aromatic rings. The van der Waals surface area contributed by atoms with Crippen LogP contribution >= 0.6 is 0 Å². The van der Waals surface area contributed by atoms with Crippen molar-refractivity contribution in [1.29, 1.82) is 0 Å². The van der Waals surface area contributed by atoms with Gasteiger partial charge >= 0.3 is 0 Å². The molecule has 0 fully saturated rings. The molecular weight excluding hydrogens is 500 g/mol. The minimum absolute atomic E-state index is 0.147. The summed E-state index contributed by atoms with van der Waals surface area (Å²) >= 11 is 0. The van der Waals surface area contributed by atoms with Crippen molar-refractivity contribution in [2.24, 2.45) is 0 Å². The number of nitrogens with one attached hydrogen (secondary N) is 1. The third-order valence-corrected chi connectivity index (χ3v) is 6.76. The molecule has 5 aromatic carbocycles. The van der Waals surface area contributed by atoms with E-state index in [1.54, 1.807) is 18.2 Å². The molecule has 4 heteroatoms. The first-order valence-electron chi connectivity index (χ1n) is 16.0. The summed E-state index contributed by atoms with van der Waals surface area (Å²) in [5.74, 6) is 1.61. The fraction of sp³-hybridized carbons (Fsp3) is 0.108. The van der Waals surface area contributed by atoms with Crippen LogP contribution in [0.15, 0.2) is 133 Å². The molecular formula is C37H32N4. The van der Waals surface area contributed by atoms with Crippen LogP contribution in [0.3, 0.4) is 0 Å². The van der Waals surface area contributed by atoms with E-state index in [2.05, 4.69) is 38.2 Å². The van der Waals surface area contributed by atoms with Crippen LogP contribution in [-0.2, 0) is 5.41 Å². The molecule has 1 heterocycles. The molecule has 0 saturated carbocycles. The highest BCUT2D eigenvalue weighted by Crippen LogP contribution is 2.36. The normalized spacial score (nSPS) is 13.0. The highest BCUT2D eigenvalue weighted by Gasteiger charge is 2.20. The molecule has 4 nitrogen and oxygen atoms in total. The zero-order chi connectivity index (χ0) is 32.6. The number of rotatable bonds is 6. The fourth-order valence-corrected chi connectivity index (χ4v) is 4.54. The van der Waals surface area contributed by atoms with Gasteiger partial charge in [-0.05, 0) is 46.4 Å². The summed E-state index contributed by atoms with van der Waals surface area (Å²) in [4.78, 5) is 14.8. The van der Waals surface area contributed by atoms with Gasteiger partial charge in [-0.25, -0.2) is 15.0 Å². The minimum atomic E-state index is -0.418. The lowest BCUT2D eigenvalue weighted by Gasteiger charge is -2.22. The number of anilines is 2. The van der Waals surface area contributed by atoms with Gasteiger partial charge in [-0.3, -0.25) is 0 Å². The predicted octanol–water partition coefficient (Wildman–Crippen LogP) is 9.58.